The van der Waals surface area contributed by atoms with Crippen molar-refractivity contribution < 1.29 is 13.2 Å². The highest BCUT2D eigenvalue weighted by Gasteiger charge is 2.32. The van der Waals surface area contributed by atoms with Crippen LogP contribution in [0, 0.1) is 0 Å². The number of aromatic nitrogens is 1. The number of fused-ring (bicyclic) bond motifs is 1. The van der Waals surface area contributed by atoms with Crippen molar-refractivity contribution in [2.24, 2.45) is 0 Å². The summed E-state index contributed by atoms with van der Waals surface area (Å²) in [5.41, 5.74) is 1.40. The predicted octanol–water partition coefficient (Wildman–Crippen LogP) is 1.43. The van der Waals surface area contributed by atoms with Crippen LogP contribution in [0.4, 0.5) is 0 Å². The number of sulfone groups is 1. The van der Waals surface area contributed by atoms with E-state index in [0.717, 1.165) is 10.9 Å². The first-order valence-electron chi connectivity index (χ1n) is 6.55. The quantitative estimate of drug-likeness (QED) is 0.864. The second-order valence-electron chi connectivity index (χ2n) is 5.21. The van der Waals surface area contributed by atoms with Crippen LogP contribution in [0.2, 0.25) is 0 Å². The molecule has 1 N–H and O–H groups in total. The molecule has 0 saturated carbocycles. The van der Waals surface area contributed by atoms with Gasteiger partial charge in [-0.2, -0.15) is 0 Å². The lowest BCUT2D eigenvalue weighted by atomic mass is 10.1. The van der Waals surface area contributed by atoms with Gasteiger partial charge in [0.2, 0.25) is 0 Å². The van der Waals surface area contributed by atoms with E-state index in [9.17, 15) is 13.2 Å². The van der Waals surface area contributed by atoms with Crippen molar-refractivity contribution >= 4 is 26.6 Å². The van der Waals surface area contributed by atoms with Crippen molar-refractivity contribution in [1.29, 1.82) is 0 Å². The summed E-state index contributed by atoms with van der Waals surface area (Å²) in [6.45, 7) is 2.04. The summed E-state index contributed by atoms with van der Waals surface area (Å²) in [5.74, 6) is -0.0242. The Balaban J connectivity index is 1.95. The van der Waals surface area contributed by atoms with Crippen molar-refractivity contribution in [3.63, 3.8) is 0 Å². The summed E-state index contributed by atoms with van der Waals surface area (Å²) in [6.07, 6.45) is 1.80. The van der Waals surface area contributed by atoms with Gasteiger partial charge in [0.25, 0.3) is 5.91 Å². The number of carbonyl (C=O) groups is 1. The zero-order valence-electron chi connectivity index (χ0n) is 11.2. The molecular weight excluding hydrogens is 276 g/mol. The molecule has 2 aromatic rings. The summed E-state index contributed by atoms with van der Waals surface area (Å²) in [5, 5.41) is 0.980. The Morgan fingerprint density at radius 1 is 1.35 bits per heavy atom. The fourth-order valence-electron chi connectivity index (χ4n) is 2.72. The summed E-state index contributed by atoms with van der Waals surface area (Å²) < 4.78 is 23.2. The topological polar surface area (TPSA) is 70.2 Å². The lowest BCUT2D eigenvalue weighted by Crippen LogP contribution is -2.49. The van der Waals surface area contributed by atoms with Gasteiger partial charge in [-0.3, -0.25) is 4.79 Å². The van der Waals surface area contributed by atoms with Crippen LogP contribution < -0.4 is 0 Å². The largest absolute Gasteiger partial charge is 0.361 e. The molecule has 106 valence electrons. The minimum atomic E-state index is -3.01. The maximum absolute atomic E-state index is 12.6. The molecule has 0 aliphatic carbocycles. The van der Waals surface area contributed by atoms with E-state index in [1.54, 1.807) is 24.1 Å². The molecule has 0 spiro atoms. The Bertz CT molecular complexity index is 764. The normalized spacial score (nSPS) is 22.1. The van der Waals surface area contributed by atoms with E-state index in [1.807, 2.05) is 18.2 Å². The van der Waals surface area contributed by atoms with E-state index in [4.69, 9.17) is 0 Å². The van der Waals surface area contributed by atoms with Gasteiger partial charge in [-0.15, -0.1) is 0 Å². The molecule has 1 aliphatic rings. The van der Waals surface area contributed by atoms with Crippen molar-refractivity contribution in [1.82, 2.24) is 9.88 Å². The number of hydrogen-bond acceptors (Lipinski definition) is 3. The molecule has 1 fully saturated rings. The average Bonchev–Trinajstić information content (AvgIpc) is 2.85. The Labute approximate surface area is 117 Å². The minimum absolute atomic E-state index is 0.0411. The summed E-state index contributed by atoms with van der Waals surface area (Å²) >= 11 is 0. The standard InChI is InChI=1S/C14H16N2O3S/c1-10-9-20(18,19)8-7-16(10)14(17)12-4-2-3-11-5-6-15-13(11)12/h2-6,10,15H,7-9H2,1H3/t10-/m0/s1. The van der Waals surface area contributed by atoms with Crippen molar-refractivity contribution in [3.8, 4) is 0 Å². The second kappa shape index (κ2) is 4.63. The number of benzene rings is 1. The third kappa shape index (κ3) is 2.20. The van der Waals surface area contributed by atoms with E-state index in [-0.39, 0.29) is 30.0 Å². The first-order valence-corrected chi connectivity index (χ1v) is 8.37. The molecule has 1 aliphatic heterocycles. The Hall–Kier alpha value is -1.82. The van der Waals surface area contributed by atoms with Gasteiger partial charge in [0.15, 0.2) is 9.84 Å². The lowest BCUT2D eigenvalue weighted by Gasteiger charge is -2.33. The van der Waals surface area contributed by atoms with Crippen molar-refractivity contribution in [2.45, 2.75) is 13.0 Å². The van der Waals surface area contributed by atoms with Gasteiger partial charge in [0.1, 0.15) is 0 Å². The highest BCUT2D eigenvalue weighted by atomic mass is 32.2. The fraction of sp³-hybridized carbons (Fsp3) is 0.357. The lowest BCUT2D eigenvalue weighted by molar-refractivity contribution is 0.0714. The van der Waals surface area contributed by atoms with Crippen LogP contribution in [0.5, 0.6) is 0 Å². The smallest absolute Gasteiger partial charge is 0.256 e. The highest BCUT2D eigenvalue weighted by Crippen LogP contribution is 2.21. The zero-order chi connectivity index (χ0) is 14.3. The monoisotopic (exact) mass is 292 g/mol. The molecule has 2 heterocycles. The third-order valence-electron chi connectivity index (χ3n) is 3.75. The number of hydrogen-bond donors (Lipinski definition) is 1. The molecule has 1 amide bonds. The molecule has 3 rings (SSSR count). The number of aromatic amines is 1. The van der Waals surface area contributed by atoms with Crippen molar-refractivity contribution in [3.05, 3.63) is 36.0 Å². The van der Waals surface area contributed by atoms with Crippen LogP contribution in [0.25, 0.3) is 10.9 Å². The first-order chi connectivity index (χ1) is 9.48. The maximum Gasteiger partial charge on any atom is 0.256 e. The molecule has 0 radical (unpaired) electrons. The van der Waals surface area contributed by atoms with Crippen LogP contribution in [0.1, 0.15) is 17.3 Å². The summed E-state index contributed by atoms with van der Waals surface area (Å²) in [7, 11) is -3.01. The van der Waals surface area contributed by atoms with E-state index < -0.39 is 9.84 Å². The molecule has 5 nitrogen and oxygen atoms in total. The number of rotatable bonds is 1. The van der Waals surface area contributed by atoms with E-state index in [1.165, 1.54) is 0 Å². The SMILES string of the molecule is C[C@H]1CS(=O)(=O)CCN1C(=O)c1cccc2cc[nH]c12. The number of H-pyrrole nitrogens is 1. The highest BCUT2D eigenvalue weighted by molar-refractivity contribution is 7.91. The molecule has 0 bridgehead atoms. The third-order valence-corrected chi connectivity index (χ3v) is 5.54. The second-order valence-corrected chi connectivity index (χ2v) is 7.44. The van der Waals surface area contributed by atoms with E-state index >= 15 is 0 Å². The summed E-state index contributed by atoms with van der Waals surface area (Å²) in [6, 6.07) is 7.18. The molecule has 1 saturated heterocycles. The summed E-state index contributed by atoms with van der Waals surface area (Å²) in [4.78, 5) is 17.4. The van der Waals surface area contributed by atoms with Gasteiger partial charge in [0, 0.05) is 24.2 Å². The van der Waals surface area contributed by atoms with Crippen LogP contribution >= 0.6 is 0 Å². The van der Waals surface area contributed by atoms with Gasteiger partial charge < -0.3 is 9.88 Å². The van der Waals surface area contributed by atoms with Crippen LogP contribution in [0.15, 0.2) is 30.5 Å². The maximum atomic E-state index is 12.6. The first kappa shape index (κ1) is 13.2. The Morgan fingerprint density at radius 2 is 2.15 bits per heavy atom. The Morgan fingerprint density at radius 3 is 2.90 bits per heavy atom. The van der Waals surface area contributed by atoms with Gasteiger partial charge in [-0.05, 0) is 19.1 Å². The predicted molar refractivity (Wildman–Crippen MR) is 77.5 cm³/mol. The van der Waals surface area contributed by atoms with Gasteiger partial charge >= 0.3 is 0 Å². The van der Waals surface area contributed by atoms with Gasteiger partial charge in [-0.25, -0.2) is 8.42 Å². The fourth-order valence-corrected chi connectivity index (χ4v) is 4.27. The number of nitrogens with one attached hydrogen (secondary N) is 1. The Kier molecular flexibility index (Phi) is 3.05. The molecule has 1 aromatic carbocycles. The number of nitrogens with zero attached hydrogens (tertiary/aromatic N) is 1. The number of amides is 1. The van der Waals surface area contributed by atoms with Crippen LogP contribution in [-0.4, -0.2) is 48.3 Å². The number of carbonyl (C=O) groups excluding carboxylic acids is 1. The van der Waals surface area contributed by atoms with Crippen LogP contribution in [0.3, 0.4) is 0 Å². The molecule has 6 heteroatoms. The number of para-hydroxylation sites is 1. The zero-order valence-corrected chi connectivity index (χ0v) is 12.0. The van der Waals surface area contributed by atoms with Crippen LogP contribution in [-0.2, 0) is 9.84 Å². The van der Waals surface area contributed by atoms with Gasteiger partial charge in [0.05, 0.1) is 22.6 Å². The molecular formula is C14H16N2O3S. The van der Waals surface area contributed by atoms with Gasteiger partial charge in [-0.1, -0.05) is 12.1 Å². The van der Waals surface area contributed by atoms with E-state index in [0.29, 0.717) is 5.56 Å². The molecule has 1 aromatic heterocycles. The van der Waals surface area contributed by atoms with Crippen molar-refractivity contribution in [2.75, 3.05) is 18.1 Å². The molecule has 0 unspecified atom stereocenters. The molecule has 20 heavy (non-hydrogen) atoms. The minimum Gasteiger partial charge on any atom is -0.361 e. The molecule has 1 atom stereocenters. The average molecular weight is 292 g/mol. The van der Waals surface area contributed by atoms with E-state index in [2.05, 4.69) is 4.98 Å².